The van der Waals surface area contributed by atoms with Gasteiger partial charge in [0.05, 0.1) is 19.7 Å². The molecule has 0 saturated heterocycles. The van der Waals surface area contributed by atoms with Gasteiger partial charge in [-0.25, -0.2) is 0 Å². The second kappa shape index (κ2) is 9.88. The van der Waals surface area contributed by atoms with Gasteiger partial charge in [-0.3, -0.25) is 9.51 Å². The van der Waals surface area contributed by atoms with Gasteiger partial charge in [0.2, 0.25) is 0 Å². The number of fused-ring (bicyclic) bond motifs is 1. The van der Waals surface area contributed by atoms with Crippen LogP contribution in [-0.2, 0) is 11.1 Å². The molecule has 0 saturated carbocycles. The van der Waals surface area contributed by atoms with E-state index in [2.05, 4.69) is 14.8 Å². The second-order valence-corrected chi connectivity index (χ2v) is 6.03. The molecule has 27 heavy (non-hydrogen) atoms. The van der Waals surface area contributed by atoms with Gasteiger partial charge in [-0.2, -0.15) is 0 Å². The van der Waals surface area contributed by atoms with E-state index in [9.17, 15) is 9.46 Å². The van der Waals surface area contributed by atoms with Crippen molar-refractivity contribution in [3.8, 4) is 17.2 Å². The minimum absolute atomic E-state index is 0. The van der Waals surface area contributed by atoms with E-state index in [0.29, 0.717) is 18.0 Å². The molecule has 1 heterocycles. The summed E-state index contributed by atoms with van der Waals surface area (Å²) in [5, 5.41) is 4.27. The van der Waals surface area contributed by atoms with Gasteiger partial charge in [-0.15, -0.1) is 0 Å². The van der Waals surface area contributed by atoms with E-state index in [0.717, 1.165) is 22.2 Å². The summed E-state index contributed by atoms with van der Waals surface area (Å²) in [5.74, 6) is 1.54. The third kappa shape index (κ3) is 5.31. The maximum atomic E-state index is 10.6. The Morgan fingerprint density at radius 2 is 1.74 bits per heavy atom. The molecule has 1 N–H and O–H groups in total. The van der Waals surface area contributed by atoms with Crippen molar-refractivity contribution in [3.05, 3.63) is 54.2 Å². The van der Waals surface area contributed by atoms with Crippen molar-refractivity contribution in [3.63, 3.8) is 0 Å². The summed E-state index contributed by atoms with van der Waals surface area (Å²) >= 11 is 0. The van der Waals surface area contributed by atoms with E-state index in [1.165, 1.54) is 0 Å². The van der Waals surface area contributed by atoms with Crippen molar-refractivity contribution in [2.24, 2.45) is 0 Å². The fourth-order valence-corrected chi connectivity index (χ4v) is 2.87. The van der Waals surface area contributed by atoms with E-state index in [1.807, 2.05) is 18.2 Å². The van der Waals surface area contributed by atoms with Crippen LogP contribution in [0.4, 0.5) is 5.69 Å². The maximum absolute atomic E-state index is 10.6. The van der Waals surface area contributed by atoms with Gasteiger partial charge in [-0.1, -0.05) is 12.1 Å². The molecule has 9 heteroatoms. The van der Waals surface area contributed by atoms with Crippen molar-refractivity contribution in [2.45, 2.75) is 6.54 Å². The Bertz CT molecular complexity index is 937. The number of nitrogens with zero attached hydrogens (tertiary/aromatic N) is 1. The van der Waals surface area contributed by atoms with Crippen LogP contribution in [0.1, 0.15) is 5.56 Å². The minimum Gasteiger partial charge on any atom is -0.558 e. The van der Waals surface area contributed by atoms with Gasteiger partial charge in [0.15, 0.2) is 17.2 Å². The van der Waals surface area contributed by atoms with E-state index in [1.54, 1.807) is 44.7 Å². The number of nitrogens with one attached hydrogen (secondary N) is 1. The molecule has 7 nitrogen and oxygen atoms in total. The quantitative estimate of drug-likeness (QED) is 0.453. The van der Waals surface area contributed by atoms with Gasteiger partial charge < -0.3 is 19.7 Å². The first-order chi connectivity index (χ1) is 12.6. The first-order valence-corrected chi connectivity index (χ1v) is 8.86. The number of methoxy groups -OCH3 is 2. The molecular weight excluding hydrogens is 378 g/mol. The van der Waals surface area contributed by atoms with Crippen molar-refractivity contribution >= 4 is 24.8 Å². The van der Waals surface area contributed by atoms with E-state index >= 15 is 0 Å². The SMILES string of the molecule is COc1cc2nccc(NCc3ccc(O[P+](=O)[O-])cc3)c2cc1OC.[Na+]. The van der Waals surface area contributed by atoms with Crippen molar-refractivity contribution in [1.82, 2.24) is 4.98 Å². The Hall–Kier alpha value is -1.89. The molecule has 0 aliphatic rings. The zero-order valence-corrected chi connectivity index (χ0v) is 18.2. The number of ether oxygens (including phenoxy) is 2. The summed E-state index contributed by atoms with van der Waals surface area (Å²) < 4.78 is 25.9. The first-order valence-electron chi connectivity index (χ1n) is 7.76. The third-order valence-corrected chi connectivity index (χ3v) is 4.19. The predicted molar refractivity (Wildman–Crippen MR) is 96.9 cm³/mol. The fraction of sp³-hybridized carbons (Fsp3) is 0.167. The molecular formula is C18H17N2NaO5P+. The number of benzene rings is 2. The van der Waals surface area contributed by atoms with E-state index in [-0.39, 0.29) is 35.3 Å². The van der Waals surface area contributed by atoms with Crippen LogP contribution in [0.3, 0.4) is 0 Å². The van der Waals surface area contributed by atoms with Gasteiger partial charge in [0, 0.05) is 29.9 Å². The van der Waals surface area contributed by atoms with Crippen LogP contribution in [0, 0.1) is 0 Å². The molecule has 1 aromatic heterocycles. The molecule has 0 aliphatic heterocycles. The Morgan fingerprint density at radius 1 is 1.07 bits per heavy atom. The monoisotopic (exact) mass is 395 g/mol. The molecule has 3 rings (SSSR count). The van der Waals surface area contributed by atoms with Gasteiger partial charge in [0.25, 0.3) is 0 Å². The number of hydrogen-bond donors (Lipinski definition) is 1. The van der Waals surface area contributed by atoms with E-state index < -0.39 is 8.25 Å². The van der Waals surface area contributed by atoms with Crippen molar-refractivity contribution in [2.75, 3.05) is 19.5 Å². The van der Waals surface area contributed by atoms with Crippen LogP contribution in [0.2, 0.25) is 0 Å². The maximum Gasteiger partial charge on any atom is 1.00 e. The summed E-state index contributed by atoms with van der Waals surface area (Å²) in [6.45, 7) is 0.553. The molecule has 2 aromatic carbocycles. The Balaban J connectivity index is 0.00000261. The Kier molecular flexibility index (Phi) is 7.83. The molecule has 0 amide bonds. The molecule has 1 unspecified atom stereocenters. The molecule has 0 fully saturated rings. The molecule has 0 spiro atoms. The molecule has 3 aromatic rings. The van der Waals surface area contributed by atoms with Crippen molar-refractivity contribution in [1.29, 1.82) is 0 Å². The minimum atomic E-state index is -2.90. The molecule has 134 valence electrons. The Labute approximate surface area is 179 Å². The normalized spacial score (nSPS) is 10.7. The fourth-order valence-electron chi connectivity index (χ4n) is 2.58. The molecule has 0 radical (unpaired) electrons. The number of pyridine rings is 1. The predicted octanol–water partition coefficient (Wildman–Crippen LogP) is 0.265. The number of anilines is 1. The summed E-state index contributed by atoms with van der Waals surface area (Å²) in [6, 6.07) is 12.4. The zero-order chi connectivity index (χ0) is 18.5. The summed E-state index contributed by atoms with van der Waals surface area (Å²) in [7, 11) is 0.271. The summed E-state index contributed by atoms with van der Waals surface area (Å²) in [4.78, 5) is 14.9. The number of hydrogen-bond acceptors (Lipinski definition) is 7. The zero-order valence-electron chi connectivity index (χ0n) is 15.3. The van der Waals surface area contributed by atoms with Crippen LogP contribution in [0.15, 0.2) is 48.7 Å². The topological polar surface area (TPSA) is 92.7 Å². The average molecular weight is 395 g/mol. The van der Waals surface area contributed by atoms with Crippen LogP contribution in [0.5, 0.6) is 17.2 Å². The van der Waals surface area contributed by atoms with Gasteiger partial charge in [-0.05, 0) is 34.4 Å². The van der Waals surface area contributed by atoms with Crippen LogP contribution >= 0.6 is 8.25 Å². The summed E-state index contributed by atoms with van der Waals surface area (Å²) in [6.07, 6.45) is 1.72. The molecule has 0 bridgehead atoms. The standard InChI is InChI=1S/C18H17N2O5P.Na/c1-23-17-9-14-15(7-8-19-16(14)10-18(17)24-2)20-11-12-3-5-13(6-4-12)25-26(21)22;/h3-10H,11H2,1-2H3,(H,19,20);/q;+1. The summed E-state index contributed by atoms with van der Waals surface area (Å²) in [5.41, 5.74) is 2.67. The second-order valence-electron chi connectivity index (χ2n) is 5.40. The average Bonchev–Trinajstić information content (AvgIpc) is 2.65. The Morgan fingerprint density at radius 3 is 2.37 bits per heavy atom. The smallest absolute Gasteiger partial charge is 0.558 e. The van der Waals surface area contributed by atoms with Crippen LogP contribution in [-0.4, -0.2) is 19.2 Å². The van der Waals surface area contributed by atoms with Gasteiger partial charge in [0.1, 0.15) is 0 Å². The molecule has 1 atom stereocenters. The molecule has 0 aliphatic carbocycles. The first kappa shape index (κ1) is 21.4. The van der Waals surface area contributed by atoms with Gasteiger partial charge >= 0.3 is 37.8 Å². The van der Waals surface area contributed by atoms with Crippen LogP contribution < -0.4 is 53.8 Å². The largest absolute Gasteiger partial charge is 1.00 e. The van der Waals surface area contributed by atoms with Crippen molar-refractivity contribution < 1.29 is 53.0 Å². The van der Waals surface area contributed by atoms with Crippen LogP contribution in [0.25, 0.3) is 10.9 Å². The third-order valence-electron chi connectivity index (χ3n) is 3.83. The van der Waals surface area contributed by atoms with E-state index in [4.69, 9.17) is 9.47 Å². The number of rotatable bonds is 7. The number of aromatic nitrogens is 1.